The van der Waals surface area contributed by atoms with Crippen LogP contribution >= 0.6 is 0 Å². The Morgan fingerprint density at radius 1 is 0.593 bits per heavy atom. The number of hydrogen-bond donors (Lipinski definition) is 0. The first-order chi connectivity index (χ1) is 13.2. The molecule has 0 heteroatoms. The highest BCUT2D eigenvalue weighted by atomic mass is 14.1. The number of benzene rings is 3. The topological polar surface area (TPSA) is 0 Å². The molecule has 0 nitrogen and oxygen atoms in total. The molecular weight excluding hydrogens is 324 g/mol. The van der Waals surface area contributed by atoms with Crippen molar-refractivity contribution in [2.75, 3.05) is 0 Å². The highest BCUT2D eigenvalue weighted by molar-refractivity contribution is 5.78. The fraction of sp³-hybridized carbons (Fsp3) is 0.111. The van der Waals surface area contributed by atoms with Crippen LogP contribution in [0.4, 0.5) is 0 Å². The summed E-state index contributed by atoms with van der Waals surface area (Å²) in [6.07, 6.45) is 8.91. The molecule has 0 aliphatic heterocycles. The molecule has 0 amide bonds. The van der Waals surface area contributed by atoms with E-state index >= 15 is 0 Å². The molecule has 1 atom stereocenters. The van der Waals surface area contributed by atoms with Crippen LogP contribution in [0, 0.1) is 5.92 Å². The minimum absolute atomic E-state index is 0.472. The third-order valence-corrected chi connectivity index (χ3v) is 5.33. The van der Waals surface area contributed by atoms with Crippen molar-refractivity contribution in [2.24, 2.45) is 5.92 Å². The van der Waals surface area contributed by atoms with E-state index in [0.29, 0.717) is 5.92 Å². The van der Waals surface area contributed by atoms with Gasteiger partial charge in [-0.1, -0.05) is 116 Å². The van der Waals surface area contributed by atoms with Gasteiger partial charge in [0.05, 0.1) is 0 Å². The van der Waals surface area contributed by atoms with Crippen molar-refractivity contribution >= 4 is 5.57 Å². The number of rotatable bonds is 3. The van der Waals surface area contributed by atoms with Gasteiger partial charge in [-0.15, -0.1) is 0 Å². The Hall–Kier alpha value is -3.12. The third kappa shape index (κ3) is 3.85. The molecule has 0 bridgehead atoms. The molecule has 0 spiro atoms. The lowest BCUT2D eigenvalue weighted by molar-refractivity contribution is 0.867. The Morgan fingerprint density at radius 2 is 1.07 bits per heavy atom. The quantitative estimate of drug-likeness (QED) is 0.458. The van der Waals surface area contributed by atoms with E-state index < -0.39 is 0 Å². The average molecular weight is 348 g/mol. The van der Waals surface area contributed by atoms with Gasteiger partial charge in [0.2, 0.25) is 0 Å². The molecule has 3 aromatic rings. The summed E-state index contributed by atoms with van der Waals surface area (Å²) in [7, 11) is 0. The zero-order chi connectivity index (χ0) is 18.6. The number of allylic oxidation sites excluding steroid dienone is 6. The molecule has 0 N–H and O–H groups in total. The molecule has 0 aromatic heterocycles. The average Bonchev–Trinajstić information content (AvgIpc) is 2.90. The van der Waals surface area contributed by atoms with Gasteiger partial charge in [-0.25, -0.2) is 0 Å². The minimum Gasteiger partial charge on any atom is -0.0698 e. The first kappa shape index (κ1) is 17.3. The van der Waals surface area contributed by atoms with Crippen molar-refractivity contribution in [2.45, 2.75) is 13.8 Å². The van der Waals surface area contributed by atoms with Gasteiger partial charge >= 0.3 is 0 Å². The molecule has 1 unspecified atom stereocenters. The first-order valence-electron chi connectivity index (χ1n) is 9.54. The van der Waals surface area contributed by atoms with Gasteiger partial charge in [-0.2, -0.15) is 0 Å². The van der Waals surface area contributed by atoms with E-state index in [1.54, 1.807) is 0 Å². The van der Waals surface area contributed by atoms with E-state index in [-0.39, 0.29) is 0 Å². The van der Waals surface area contributed by atoms with E-state index in [4.69, 9.17) is 0 Å². The zero-order valence-electron chi connectivity index (χ0n) is 15.9. The van der Waals surface area contributed by atoms with Crippen LogP contribution in [0.15, 0.2) is 109 Å². The van der Waals surface area contributed by atoms with Crippen LogP contribution < -0.4 is 0 Å². The summed E-state index contributed by atoms with van der Waals surface area (Å²) in [6.45, 7) is 4.44. The lowest BCUT2D eigenvalue weighted by atomic mass is 9.96. The molecule has 1 aliphatic rings. The van der Waals surface area contributed by atoms with E-state index in [2.05, 4.69) is 117 Å². The molecule has 0 radical (unpaired) electrons. The Morgan fingerprint density at radius 3 is 1.63 bits per heavy atom. The molecular formula is C27H24. The minimum atomic E-state index is 0.472. The van der Waals surface area contributed by atoms with Gasteiger partial charge in [0.15, 0.2) is 0 Å². The Kier molecular flexibility index (Phi) is 4.89. The summed E-state index contributed by atoms with van der Waals surface area (Å²) in [4.78, 5) is 0. The Balaban J connectivity index is 1.57. The van der Waals surface area contributed by atoms with E-state index in [9.17, 15) is 0 Å². The lowest BCUT2D eigenvalue weighted by Gasteiger charge is -2.09. The van der Waals surface area contributed by atoms with Crippen molar-refractivity contribution in [1.29, 1.82) is 0 Å². The van der Waals surface area contributed by atoms with Crippen LogP contribution in [0.3, 0.4) is 0 Å². The smallest absolute Gasteiger partial charge is 0.00421 e. The van der Waals surface area contributed by atoms with Crippen molar-refractivity contribution in [1.82, 2.24) is 0 Å². The van der Waals surface area contributed by atoms with Crippen LogP contribution in [0.25, 0.3) is 27.8 Å². The van der Waals surface area contributed by atoms with Crippen LogP contribution in [0.1, 0.15) is 19.4 Å². The highest BCUT2D eigenvalue weighted by Crippen LogP contribution is 2.28. The molecule has 0 fully saturated rings. The van der Waals surface area contributed by atoms with Gasteiger partial charge in [0, 0.05) is 0 Å². The zero-order valence-corrected chi connectivity index (χ0v) is 15.9. The predicted octanol–water partition coefficient (Wildman–Crippen LogP) is 7.56. The standard InChI is InChI=1S/C27H24/c1-20-7-6-10-27(19-21(20)2)26-17-15-25(16-18-26)24-13-11-23(12-14-24)22-8-4-3-5-9-22/h3-19,21H,1-2H3. The fourth-order valence-electron chi connectivity index (χ4n) is 3.44. The monoisotopic (exact) mass is 348 g/mol. The highest BCUT2D eigenvalue weighted by Gasteiger charge is 2.07. The molecule has 0 heterocycles. The molecule has 0 saturated carbocycles. The van der Waals surface area contributed by atoms with Gasteiger partial charge in [0.1, 0.15) is 0 Å². The van der Waals surface area contributed by atoms with Crippen LogP contribution in [-0.2, 0) is 0 Å². The van der Waals surface area contributed by atoms with Crippen molar-refractivity contribution in [3.63, 3.8) is 0 Å². The molecule has 132 valence electrons. The van der Waals surface area contributed by atoms with E-state index in [1.165, 1.54) is 39.0 Å². The van der Waals surface area contributed by atoms with Crippen LogP contribution in [-0.4, -0.2) is 0 Å². The largest absolute Gasteiger partial charge is 0.0698 e. The van der Waals surface area contributed by atoms with Gasteiger partial charge < -0.3 is 0 Å². The summed E-state index contributed by atoms with van der Waals surface area (Å²) < 4.78 is 0. The van der Waals surface area contributed by atoms with Crippen LogP contribution in [0.5, 0.6) is 0 Å². The van der Waals surface area contributed by atoms with Crippen molar-refractivity contribution in [3.05, 3.63) is 114 Å². The summed E-state index contributed by atoms with van der Waals surface area (Å²) in [5.41, 5.74) is 8.96. The molecule has 1 aliphatic carbocycles. The second-order valence-corrected chi connectivity index (χ2v) is 7.20. The fourth-order valence-corrected chi connectivity index (χ4v) is 3.44. The number of hydrogen-bond acceptors (Lipinski definition) is 0. The maximum Gasteiger partial charge on any atom is -0.00421 e. The lowest BCUT2D eigenvalue weighted by Crippen LogP contribution is -1.91. The van der Waals surface area contributed by atoms with E-state index in [0.717, 1.165) is 0 Å². The van der Waals surface area contributed by atoms with Gasteiger partial charge in [0.25, 0.3) is 0 Å². The summed E-state index contributed by atoms with van der Waals surface area (Å²) in [6, 6.07) is 28.2. The first-order valence-corrected chi connectivity index (χ1v) is 9.54. The van der Waals surface area contributed by atoms with Crippen molar-refractivity contribution in [3.8, 4) is 22.3 Å². The summed E-state index contributed by atoms with van der Waals surface area (Å²) in [5.74, 6) is 0.472. The molecule has 4 rings (SSSR count). The maximum atomic E-state index is 2.35. The van der Waals surface area contributed by atoms with Gasteiger partial charge in [-0.3, -0.25) is 0 Å². The Labute approximate surface area is 162 Å². The normalized spacial score (nSPS) is 16.4. The third-order valence-electron chi connectivity index (χ3n) is 5.33. The second kappa shape index (κ2) is 7.63. The predicted molar refractivity (Wildman–Crippen MR) is 117 cm³/mol. The summed E-state index contributed by atoms with van der Waals surface area (Å²) >= 11 is 0. The maximum absolute atomic E-state index is 2.35. The summed E-state index contributed by atoms with van der Waals surface area (Å²) in [5, 5.41) is 0. The second-order valence-electron chi connectivity index (χ2n) is 7.20. The molecule has 0 saturated heterocycles. The molecule has 3 aromatic carbocycles. The van der Waals surface area contributed by atoms with Crippen LogP contribution in [0.2, 0.25) is 0 Å². The molecule has 27 heavy (non-hydrogen) atoms. The van der Waals surface area contributed by atoms with Crippen molar-refractivity contribution < 1.29 is 0 Å². The Bertz CT molecular complexity index is 998. The van der Waals surface area contributed by atoms with E-state index in [1.807, 2.05) is 0 Å². The SMILES string of the molecule is CC1=CC=CC(c2ccc(-c3ccc(-c4ccccc4)cc3)cc2)=CC1C. The van der Waals surface area contributed by atoms with Gasteiger partial charge in [-0.05, 0) is 46.2 Å².